The van der Waals surface area contributed by atoms with E-state index < -0.39 is 0 Å². The van der Waals surface area contributed by atoms with Gasteiger partial charge in [-0.05, 0) is 49.4 Å². The minimum Gasteiger partial charge on any atom is -0.494 e. The molecule has 2 aromatic carbocycles. The van der Waals surface area contributed by atoms with Gasteiger partial charge in [0.05, 0.1) is 6.61 Å². The van der Waals surface area contributed by atoms with Crippen LogP contribution in [0.15, 0.2) is 48.5 Å². The first-order chi connectivity index (χ1) is 8.78. The summed E-state index contributed by atoms with van der Waals surface area (Å²) in [5, 5.41) is 0. The first-order valence-corrected chi connectivity index (χ1v) is 5.88. The summed E-state index contributed by atoms with van der Waals surface area (Å²) in [6.07, 6.45) is 0. The first kappa shape index (κ1) is 12.1. The maximum Gasteiger partial charge on any atom is 0.119 e. The second-order valence-electron chi connectivity index (χ2n) is 3.83. The molecule has 0 aliphatic carbocycles. The van der Waals surface area contributed by atoms with Crippen molar-refractivity contribution in [3.8, 4) is 17.6 Å². The van der Waals surface area contributed by atoms with Gasteiger partial charge in [0, 0.05) is 16.8 Å². The molecule has 2 aromatic rings. The van der Waals surface area contributed by atoms with Crippen molar-refractivity contribution in [2.45, 2.75) is 6.92 Å². The molecule has 0 unspecified atom stereocenters. The highest BCUT2D eigenvalue weighted by Crippen LogP contribution is 2.11. The molecule has 18 heavy (non-hydrogen) atoms. The molecule has 0 amide bonds. The van der Waals surface area contributed by atoms with Gasteiger partial charge >= 0.3 is 0 Å². The lowest BCUT2D eigenvalue weighted by Gasteiger charge is -2.01. The summed E-state index contributed by atoms with van der Waals surface area (Å²) in [6.45, 7) is 2.64. The zero-order valence-corrected chi connectivity index (χ0v) is 10.3. The van der Waals surface area contributed by atoms with E-state index in [1.807, 2.05) is 55.5 Å². The Bertz CT molecular complexity index is 576. The Morgan fingerprint density at radius 1 is 1.00 bits per heavy atom. The fraction of sp³-hybridized carbons (Fsp3) is 0.125. The van der Waals surface area contributed by atoms with E-state index in [1.165, 1.54) is 0 Å². The summed E-state index contributed by atoms with van der Waals surface area (Å²) < 4.78 is 5.37. The lowest BCUT2D eigenvalue weighted by Crippen LogP contribution is -1.90. The molecule has 2 rings (SSSR count). The summed E-state index contributed by atoms with van der Waals surface area (Å²) in [6, 6.07) is 15.3. The molecule has 0 saturated heterocycles. The highest BCUT2D eigenvalue weighted by Gasteiger charge is 1.92. The van der Waals surface area contributed by atoms with Crippen molar-refractivity contribution in [1.29, 1.82) is 0 Å². The van der Waals surface area contributed by atoms with Crippen molar-refractivity contribution in [3.63, 3.8) is 0 Å². The number of ether oxygens (including phenoxy) is 1. The molecular weight excluding hydrogens is 222 g/mol. The first-order valence-electron chi connectivity index (χ1n) is 5.88. The van der Waals surface area contributed by atoms with Crippen molar-refractivity contribution in [2.24, 2.45) is 0 Å². The lowest BCUT2D eigenvalue weighted by molar-refractivity contribution is 0.340. The largest absolute Gasteiger partial charge is 0.494 e. The highest BCUT2D eigenvalue weighted by molar-refractivity contribution is 5.50. The molecule has 0 aromatic heterocycles. The van der Waals surface area contributed by atoms with Gasteiger partial charge in [-0.3, -0.25) is 0 Å². The summed E-state index contributed by atoms with van der Waals surface area (Å²) in [4.78, 5) is 0. The monoisotopic (exact) mass is 237 g/mol. The number of rotatable bonds is 2. The van der Waals surface area contributed by atoms with E-state index in [0.29, 0.717) is 6.61 Å². The van der Waals surface area contributed by atoms with E-state index in [9.17, 15) is 0 Å². The van der Waals surface area contributed by atoms with Crippen LogP contribution in [0.3, 0.4) is 0 Å². The predicted molar refractivity (Wildman–Crippen MR) is 74.4 cm³/mol. The van der Waals surface area contributed by atoms with E-state index in [0.717, 1.165) is 22.6 Å². The maximum atomic E-state index is 5.70. The van der Waals surface area contributed by atoms with E-state index in [2.05, 4.69) is 11.8 Å². The zero-order chi connectivity index (χ0) is 12.8. The van der Waals surface area contributed by atoms with Gasteiger partial charge in [-0.25, -0.2) is 0 Å². The van der Waals surface area contributed by atoms with Crippen LogP contribution in [-0.4, -0.2) is 6.61 Å². The fourth-order valence-corrected chi connectivity index (χ4v) is 1.56. The number of hydrogen-bond acceptors (Lipinski definition) is 2. The van der Waals surface area contributed by atoms with Crippen molar-refractivity contribution in [3.05, 3.63) is 59.7 Å². The smallest absolute Gasteiger partial charge is 0.119 e. The van der Waals surface area contributed by atoms with E-state index in [1.54, 1.807) is 0 Å². The van der Waals surface area contributed by atoms with E-state index >= 15 is 0 Å². The average molecular weight is 237 g/mol. The fourth-order valence-electron chi connectivity index (χ4n) is 1.56. The molecule has 0 atom stereocenters. The number of nitrogens with two attached hydrogens (primary N) is 1. The Balaban J connectivity index is 2.14. The van der Waals surface area contributed by atoms with Crippen LogP contribution in [0.25, 0.3) is 0 Å². The van der Waals surface area contributed by atoms with Crippen LogP contribution >= 0.6 is 0 Å². The Morgan fingerprint density at radius 2 is 1.72 bits per heavy atom. The molecule has 2 nitrogen and oxygen atoms in total. The molecule has 0 saturated carbocycles. The normalized spacial score (nSPS) is 9.39. The quantitative estimate of drug-likeness (QED) is 0.643. The third-order valence-electron chi connectivity index (χ3n) is 2.40. The zero-order valence-electron chi connectivity index (χ0n) is 10.3. The van der Waals surface area contributed by atoms with Crippen LogP contribution < -0.4 is 10.5 Å². The summed E-state index contributed by atoms with van der Waals surface area (Å²) >= 11 is 0. The SMILES string of the molecule is CCOc1ccc(C#Cc2cccc(N)c2)cc1. The number of anilines is 1. The van der Waals surface area contributed by atoms with Gasteiger partial charge in [-0.2, -0.15) is 0 Å². The third kappa shape index (κ3) is 3.29. The second kappa shape index (κ2) is 5.79. The second-order valence-corrected chi connectivity index (χ2v) is 3.83. The van der Waals surface area contributed by atoms with Gasteiger partial charge < -0.3 is 10.5 Å². The molecule has 0 spiro atoms. The van der Waals surface area contributed by atoms with Crippen molar-refractivity contribution < 1.29 is 4.74 Å². The Kier molecular flexibility index (Phi) is 3.88. The van der Waals surface area contributed by atoms with Gasteiger partial charge in [0.25, 0.3) is 0 Å². The average Bonchev–Trinajstić information content (AvgIpc) is 2.38. The van der Waals surface area contributed by atoms with Gasteiger partial charge in [0.15, 0.2) is 0 Å². The Morgan fingerprint density at radius 3 is 2.39 bits per heavy atom. The predicted octanol–water partition coefficient (Wildman–Crippen LogP) is 3.07. The Hall–Kier alpha value is -2.40. The third-order valence-corrected chi connectivity index (χ3v) is 2.40. The van der Waals surface area contributed by atoms with Crippen molar-refractivity contribution in [1.82, 2.24) is 0 Å². The summed E-state index contributed by atoms with van der Waals surface area (Å²) in [7, 11) is 0. The lowest BCUT2D eigenvalue weighted by atomic mass is 10.1. The minimum atomic E-state index is 0.675. The van der Waals surface area contributed by atoms with E-state index in [4.69, 9.17) is 10.5 Å². The molecule has 90 valence electrons. The van der Waals surface area contributed by atoms with Crippen LogP contribution in [0.4, 0.5) is 5.69 Å². The highest BCUT2D eigenvalue weighted by atomic mass is 16.5. The van der Waals surface area contributed by atoms with Crippen LogP contribution in [0.1, 0.15) is 18.1 Å². The summed E-state index contributed by atoms with van der Waals surface area (Å²) in [5.41, 5.74) is 8.31. The minimum absolute atomic E-state index is 0.675. The molecule has 0 bridgehead atoms. The van der Waals surface area contributed by atoms with Crippen molar-refractivity contribution >= 4 is 5.69 Å². The van der Waals surface area contributed by atoms with Crippen LogP contribution in [-0.2, 0) is 0 Å². The molecule has 0 radical (unpaired) electrons. The molecular formula is C16H15NO. The molecule has 2 heteroatoms. The van der Waals surface area contributed by atoms with E-state index in [-0.39, 0.29) is 0 Å². The molecule has 0 aliphatic rings. The Labute approximate surface area is 107 Å². The van der Waals surface area contributed by atoms with Gasteiger partial charge in [-0.1, -0.05) is 17.9 Å². The molecule has 0 fully saturated rings. The molecule has 2 N–H and O–H groups in total. The summed E-state index contributed by atoms with van der Waals surface area (Å²) in [5.74, 6) is 7.05. The van der Waals surface area contributed by atoms with Crippen molar-refractivity contribution in [2.75, 3.05) is 12.3 Å². The molecule has 0 heterocycles. The van der Waals surface area contributed by atoms with Crippen LogP contribution in [0, 0.1) is 11.8 Å². The topological polar surface area (TPSA) is 35.2 Å². The van der Waals surface area contributed by atoms with Crippen LogP contribution in [0.2, 0.25) is 0 Å². The molecule has 0 aliphatic heterocycles. The number of benzene rings is 2. The number of nitrogen functional groups attached to an aromatic ring is 1. The standard InChI is InChI=1S/C16H15NO/c1-2-18-16-10-8-13(9-11-16)6-7-14-4-3-5-15(17)12-14/h3-5,8-12H,2,17H2,1H3. The van der Waals surface area contributed by atoms with Gasteiger partial charge in [0.2, 0.25) is 0 Å². The van der Waals surface area contributed by atoms with Gasteiger partial charge in [0.1, 0.15) is 5.75 Å². The number of hydrogen-bond donors (Lipinski definition) is 1. The maximum absolute atomic E-state index is 5.70. The van der Waals surface area contributed by atoms with Crippen LogP contribution in [0.5, 0.6) is 5.75 Å². The van der Waals surface area contributed by atoms with Gasteiger partial charge in [-0.15, -0.1) is 0 Å².